The maximum absolute atomic E-state index is 11.6. The fourth-order valence-electron chi connectivity index (χ4n) is 1.73. The quantitative estimate of drug-likeness (QED) is 0.501. The van der Waals surface area contributed by atoms with Gasteiger partial charge in [-0.05, 0) is 6.07 Å². The highest BCUT2D eigenvalue weighted by Gasteiger charge is 2.11. The van der Waals surface area contributed by atoms with Gasteiger partial charge in [-0.3, -0.25) is 14.7 Å². The molecule has 0 bridgehead atoms. The standard InChI is InChI=1S/C12H12N4O4/c1-20-11-4-9(13)3-2-8(11)6-15-7-10(16(18)19)5-14-12(15)17/h2-5,7H,6,13H2,1H3. The van der Waals surface area contributed by atoms with Crippen LogP contribution in [0, 0.1) is 10.1 Å². The minimum absolute atomic E-state index is 0.108. The molecule has 0 aliphatic rings. The number of aromatic nitrogens is 2. The van der Waals surface area contributed by atoms with Crippen LogP contribution in [0.3, 0.4) is 0 Å². The molecule has 2 aromatic rings. The first kappa shape index (κ1) is 13.5. The van der Waals surface area contributed by atoms with Crippen LogP contribution in [0.1, 0.15) is 5.56 Å². The molecule has 1 aromatic carbocycles. The van der Waals surface area contributed by atoms with Gasteiger partial charge in [0, 0.05) is 17.3 Å². The van der Waals surface area contributed by atoms with Crippen LogP contribution in [-0.2, 0) is 6.54 Å². The summed E-state index contributed by atoms with van der Waals surface area (Å²) in [5, 5.41) is 10.7. The van der Waals surface area contributed by atoms with Crippen LogP contribution in [0.2, 0.25) is 0 Å². The zero-order chi connectivity index (χ0) is 14.7. The van der Waals surface area contributed by atoms with Crippen molar-refractivity contribution in [2.45, 2.75) is 6.54 Å². The van der Waals surface area contributed by atoms with Crippen LogP contribution < -0.4 is 16.2 Å². The van der Waals surface area contributed by atoms with E-state index in [1.807, 2.05) is 0 Å². The zero-order valence-corrected chi connectivity index (χ0v) is 10.6. The van der Waals surface area contributed by atoms with Crippen molar-refractivity contribution >= 4 is 11.4 Å². The van der Waals surface area contributed by atoms with Gasteiger partial charge in [0.25, 0.3) is 0 Å². The molecule has 0 unspecified atom stereocenters. The SMILES string of the molecule is COc1cc(N)ccc1Cn1cc([N+](=O)[O-])cnc1=O. The lowest BCUT2D eigenvalue weighted by atomic mass is 10.2. The van der Waals surface area contributed by atoms with Gasteiger partial charge in [0.1, 0.15) is 11.9 Å². The molecule has 0 spiro atoms. The Kier molecular flexibility index (Phi) is 3.65. The number of ether oxygens (including phenoxy) is 1. The third kappa shape index (κ3) is 2.74. The lowest BCUT2D eigenvalue weighted by Crippen LogP contribution is -2.23. The van der Waals surface area contributed by atoms with E-state index in [2.05, 4.69) is 4.98 Å². The molecule has 8 nitrogen and oxygen atoms in total. The highest BCUT2D eigenvalue weighted by atomic mass is 16.6. The number of anilines is 1. The number of benzene rings is 1. The van der Waals surface area contributed by atoms with Crippen LogP contribution in [0.5, 0.6) is 5.75 Å². The minimum atomic E-state index is -0.608. The topological polar surface area (TPSA) is 113 Å². The Labute approximate surface area is 113 Å². The number of nitro groups is 1. The second-order valence-electron chi connectivity index (χ2n) is 4.05. The molecule has 0 aliphatic heterocycles. The molecule has 0 aliphatic carbocycles. The van der Waals surface area contributed by atoms with Gasteiger partial charge in [-0.15, -0.1) is 0 Å². The molecule has 1 aromatic heterocycles. The van der Waals surface area contributed by atoms with Crippen molar-refractivity contribution in [3.8, 4) is 5.75 Å². The average Bonchev–Trinajstić information content (AvgIpc) is 2.42. The molecule has 0 amide bonds. The Bertz CT molecular complexity index is 711. The lowest BCUT2D eigenvalue weighted by Gasteiger charge is -2.10. The molecule has 0 radical (unpaired) electrons. The van der Waals surface area contributed by atoms with Gasteiger partial charge in [0.2, 0.25) is 0 Å². The van der Waals surface area contributed by atoms with E-state index in [4.69, 9.17) is 10.5 Å². The first-order valence-electron chi connectivity index (χ1n) is 5.64. The van der Waals surface area contributed by atoms with Gasteiger partial charge in [-0.2, -0.15) is 4.98 Å². The number of rotatable bonds is 4. The molecule has 0 saturated heterocycles. The van der Waals surface area contributed by atoms with Crippen molar-refractivity contribution in [3.63, 3.8) is 0 Å². The van der Waals surface area contributed by atoms with Gasteiger partial charge in [0.15, 0.2) is 0 Å². The second kappa shape index (κ2) is 5.39. The van der Waals surface area contributed by atoms with E-state index in [-0.39, 0.29) is 12.2 Å². The maximum atomic E-state index is 11.6. The molecule has 1 heterocycles. The largest absolute Gasteiger partial charge is 0.496 e. The number of hydrogen-bond donors (Lipinski definition) is 1. The lowest BCUT2D eigenvalue weighted by molar-refractivity contribution is -0.385. The van der Waals surface area contributed by atoms with Gasteiger partial charge >= 0.3 is 11.4 Å². The van der Waals surface area contributed by atoms with Crippen molar-refractivity contribution in [1.82, 2.24) is 9.55 Å². The van der Waals surface area contributed by atoms with E-state index in [0.29, 0.717) is 17.0 Å². The third-order valence-corrected chi connectivity index (χ3v) is 2.70. The first-order valence-corrected chi connectivity index (χ1v) is 5.64. The van der Waals surface area contributed by atoms with E-state index in [0.717, 1.165) is 17.0 Å². The smallest absolute Gasteiger partial charge is 0.348 e. The van der Waals surface area contributed by atoms with Gasteiger partial charge in [-0.1, -0.05) is 6.07 Å². The molecule has 0 atom stereocenters. The summed E-state index contributed by atoms with van der Waals surface area (Å²) in [4.78, 5) is 25.2. The van der Waals surface area contributed by atoms with Crippen LogP contribution in [0.4, 0.5) is 11.4 Å². The Morgan fingerprint density at radius 2 is 2.25 bits per heavy atom. The van der Waals surface area contributed by atoms with Gasteiger partial charge < -0.3 is 10.5 Å². The molecular formula is C12H12N4O4. The predicted molar refractivity (Wildman–Crippen MR) is 71.7 cm³/mol. The van der Waals surface area contributed by atoms with Crippen molar-refractivity contribution < 1.29 is 9.66 Å². The van der Waals surface area contributed by atoms with Crippen molar-refractivity contribution in [1.29, 1.82) is 0 Å². The monoisotopic (exact) mass is 276 g/mol. The Morgan fingerprint density at radius 1 is 1.50 bits per heavy atom. The van der Waals surface area contributed by atoms with Gasteiger partial charge in [0.05, 0.1) is 24.8 Å². The van der Waals surface area contributed by atoms with E-state index >= 15 is 0 Å². The van der Waals surface area contributed by atoms with E-state index in [1.54, 1.807) is 18.2 Å². The minimum Gasteiger partial charge on any atom is -0.496 e. The zero-order valence-electron chi connectivity index (χ0n) is 10.6. The fourth-order valence-corrected chi connectivity index (χ4v) is 1.73. The van der Waals surface area contributed by atoms with Crippen LogP contribution >= 0.6 is 0 Å². The first-order chi connectivity index (χ1) is 9.51. The number of methoxy groups -OCH3 is 1. The molecule has 8 heteroatoms. The van der Waals surface area contributed by atoms with Crippen molar-refractivity contribution in [3.05, 3.63) is 56.8 Å². The van der Waals surface area contributed by atoms with Crippen LogP contribution in [-0.4, -0.2) is 21.6 Å². The van der Waals surface area contributed by atoms with Crippen LogP contribution in [0.25, 0.3) is 0 Å². The van der Waals surface area contributed by atoms with Crippen LogP contribution in [0.15, 0.2) is 35.4 Å². The Hall–Kier alpha value is -2.90. The summed E-state index contributed by atoms with van der Waals surface area (Å²) in [6.07, 6.45) is 2.07. The number of hydrogen-bond acceptors (Lipinski definition) is 6. The molecule has 0 saturated carbocycles. The molecule has 2 N–H and O–H groups in total. The van der Waals surface area contributed by atoms with E-state index < -0.39 is 10.6 Å². The third-order valence-electron chi connectivity index (χ3n) is 2.70. The summed E-state index contributed by atoms with van der Waals surface area (Å²) >= 11 is 0. The Balaban J connectivity index is 2.42. The van der Waals surface area contributed by atoms with E-state index in [9.17, 15) is 14.9 Å². The number of nitrogens with two attached hydrogens (primary N) is 1. The Morgan fingerprint density at radius 3 is 2.90 bits per heavy atom. The highest BCUT2D eigenvalue weighted by Crippen LogP contribution is 2.22. The molecule has 0 fully saturated rings. The van der Waals surface area contributed by atoms with Crippen molar-refractivity contribution in [2.75, 3.05) is 12.8 Å². The molecule has 104 valence electrons. The number of nitrogens with zero attached hydrogens (tertiary/aromatic N) is 3. The predicted octanol–water partition coefficient (Wildman–Crippen LogP) is 0.791. The average molecular weight is 276 g/mol. The summed E-state index contributed by atoms with van der Waals surface area (Å²) in [7, 11) is 1.48. The molecule has 2 rings (SSSR count). The highest BCUT2D eigenvalue weighted by molar-refractivity contribution is 5.48. The number of nitrogen functional groups attached to an aromatic ring is 1. The summed E-state index contributed by atoms with van der Waals surface area (Å²) < 4.78 is 6.31. The normalized spacial score (nSPS) is 10.2. The molecule has 20 heavy (non-hydrogen) atoms. The van der Waals surface area contributed by atoms with Crippen molar-refractivity contribution in [2.24, 2.45) is 0 Å². The van der Waals surface area contributed by atoms with Gasteiger partial charge in [-0.25, -0.2) is 4.79 Å². The maximum Gasteiger partial charge on any atom is 0.348 e. The summed E-state index contributed by atoms with van der Waals surface area (Å²) in [5.41, 5.74) is 6.01. The molecular weight excluding hydrogens is 264 g/mol. The second-order valence-corrected chi connectivity index (χ2v) is 4.05. The fraction of sp³-hybridized carbons (Fsp3) is 0.167. The summed E-state index contributed by atoms with van der Waals surface area (Å²) in [5.74, 6) is 0.503. The summed E-state index contributed by atoms with van der Waals surface area (Å²) in [6, 6.07) is 4.97. The van der Waals surface area contributed by atoms with E-state index in [1.165, 1.54) is 7.11 Å². The summed E-state index contributed by atoms with van der Waals surface area (Å²) in [6.45, 7) is 0.108.